The molecule has 3 aliphatic rings. The van der Waals surface area contributed by atoms with E-state index in [9.17, 15) is 19.1 Å². The number of hydrogen-bond donors (Lipinski definition) is 2. The summed E-state index contributed by atoms with van der Waals surface area (Å²) in [5.74, 6) is -0.398. The molecule has 4 heterocycles. The summed E-state index contributed by atoms with van der Waals surface area (Å²) < 4.78 is 13.4. The Morgan fingerprint density at radius 2 is 1.88 bits per heavy atom. The van der Waals surface area contributed by atoms with Crippen molar-refractivity contribution in [1.29, 1.82) is 0 Å². The Kier molecular flexibility index (Phi) is 5.28. The van der Waals surface area contributed by atoms with Crippen molar-refractivity contribution >= 4 is 23.3 Å². The molecule has 1 aromatic carbocycles. The van der Waals surface area contributed by atoms with E-state index in [0.29, 0.717) is 45.0 Å². The predicted octanol–water partition coefficient (Wildman–Crippen LogP) is 3.04. The zero-order valence-electron chi connectivity index (χ0n) is 18.4. The molecule has 4 amide bonds. The van der Waals surface area contributed by atoms with Gasteiger partial charge < -0.3 is 25.1 Å². The number of amides is 4. The predicted molar refractivity (Wildman–Crippen MR) is 121 cm³/mol. The Hall–Kier alpha value is -3.46. The molecule has 2 N–H and O–H groups in total. The number of urea groups is 2. The van der Waals surface area contributed by atoms with Crippen LogP contribution in [0.3, 0.4) is 0 Å². The topological polar surface area (TPSA) is 89.0 Å². The van der Waals surface area contributed by atoms with Crippen molar-refractivity contribution in [3.63, 3.8) is 0 Å². The van der Waals surface area contributed by atoms with E-state index in [0.717, 1.165) is 28.8 Å². The first-order chi connectivity index (χ1) is 15.8. The van der Waals surface area contributed by atoms with E-state index in [4.69, 9.17) is 0 Å². The number of carbonyl (C=O) groups is 2. The number of likely N-dealkylation sites (tertiary alicyclic amines) is 1. The number of aliphatic hydroxyl groups is 1. The van der Waals surface area contributed by atoms with Crippen LogP contribution in [0.15, 0.2) is 42.6 Å². The van der Waals surface area contributed by atoms with Gasteiger partial charge in [-0.2, -0.15) is 0 Å². The number of carbonyl (C=O) groups excluding carboxylic acids is 2. The van der Waals surface area contributed by atoms with Gasteiger partial charge in [-0.3, -0.25) is 4.98 Å². The van der Waals surface area contributed by atoms with Gasteiger partial charge in [0.25, 0.3) is 0 Å². The molecule has 3 aliphatic heterocycles. The SMILES string of the molecule is CC1(O)CN(C(=O)N2CC=C(c3ccc(NC(=O)N4Cc5cc(F)cnc5C4)cc3)CC2)C1. The maximum Gasteiger partial charge on any atom is 0.322 e. The van der Waals surface area contributed by atoms with Crippen molar-refractivity contribution in [3.05, 3.63) is 65.2 Å². The van der Waals surface area contributed by atoms with E-state index in [2.05, 4.69) is 16.4 Å². The van der Waals surface area contributed by atoms with Crippen LogP contribution in [0, 0.1) is 5.82 Å². The lowest BCUT2D eigenvalue weighted by Crippen LogP contribution is -2.64. The van der Waals surface area contributed by atoms with Crippen LogP contribution < -0.4 is 5.32 Å². The number of nitrogens with one attached hydrogen (secondary N) is 1. The standard InChI is InChI=1S/C24H26FN5O3/c1-24(33)14-30(15-24)23(32)28-8-6-17(7-9-28)16-2-4-20(5-3-16)27-22(31)29-12-18-10-19(25)11-26-21(18)13-29/h2-6,10-11,33H,7-9,12-15H2,1H3,(H,27,31). The smallest absolute Gasteiger partial charge is 0.322 e. The van der Waals surface area contributed by atoms with Crippen LogP contribution >= 0.6 is 0 Å². The summed E-state index contributed by atoms with van der Waals surface area (Å²) in [5.41, 5.74) is 3.58. The summed E-state index contributed by atoms with van der Waals surface area (Å²) in [7, 11) is 0. The number of nitrogens with zero attached hydrogens (tertiary/aromatic N) is 4. The van der Waals surface area contributed by atoms with Gasteiger partial charge >= 0.3 is 12.1 Å². The third kappa shape index (κ3) is 4.41. The number of pyridine rings is 1. The minimum Gasteiger partial charge on any atom is -0.386 e. The molecule has 0 saturated carbocycles. The number of benzene rings is 1. The number of β-amino-alcohol motifs (C(OH)–C–C–N with tert-alkyl or cyclic N) is 1. The van der Waals surface area contributed by atoms with Gasteiger partial charge in [-0.15, -0.1) is 0 Å². The summed E-state index contributed by atoms with van der Waals surface area (Å²) >= 11 is 0. The Labute approximate surface area is 191 Å². The molecule has 0 spiro atoms. The summed E-state index contributed by atoms with van der Waals surface area (Å²) in [6, 6.07) is 8.77. The largest absolute Gasteiger partial charge is 0.386 e. The number of aromatic nitrogens is 1. The average Bonchev–Trinajstić information content (AvgIpc) is 3.21. The molecule has 0 aliphatic carbocycles. The number of rotatable bonds is 2. The Bertz CT molecular complexity index is 1120. The van der Waals surface area contributed by atoms with E-state index in [1.165, 1.54) is 12.3 Å². The maximum absolute atomic E-state index is 13.4. The number of hydrogen-bond acceptors (Lipinski definition) is 4. The molecule has 1 saturated heterocycles. The highest BCUT2D eigenvalue weighted by Gasteiger charge is 2.41. The minimum atomic E-state index is -0.767. The van der Waals surface area contributed by atoms with Gasteiger partial charge in [-0.1, -0.05) is 18.2 Å². The Balaban J connectivity index is 1.15. The average molecular weight is 452 g/mol. The minimum absolute atomic E-state index is 0.0307. The molecular formula is C24H26FN5O3. The molecule has 0 unspecified atom stereocenters. The van der Waals surface area contributed by atoms with Crippen molar-refractivity contribution in [2.24, 2.45) is 0 Å². The van der Waals surface area contributed by atoms with E-state index < -0.39 is 11.4 Å². The first-order valence-electron chi connectivity index (χ1n) is 11.0. The van der Waals surface area contributed by atoms with E-state index in [1.807, 2.05) is 24.3 Å². The van der Waals surface area contributed by atoms with Gasteiger partial charge in [0, 0.05) is 25.3 Å². The van der Waals surface area contributed by atoms with Crippen LogP contribution in [0.1, 0.15) is 30.2 Å². The summed E-state index contributed by atoms with van der Waals surface area (Å²) in [5, 5.41) is 12.7. The first kappa shape index (κ1) is 21.4. The maximum atomic E-state index is 13.4. The van der Waals surface area contributed by atoms with Crippen LogP contribution in [-0.4, -0.2) is 68.6 Å². The molecule has 0 bridgehead atoms. The van der Waals surface area contributed by atoms with Gasteiger partial charge in [0.1, 0.15) is 5.82 Å². The fourth-order valence-corrected chi connectivity index (χ4v) is 4.56. The van der Waals surface area contributed by atoms with Crippen LogP contribution in [0.25, 0.3) is 5.57 Å². The van der Waals surface area contributed by atoms with Gasteiger partial charge in [0.15, 0.2) is 0 Å². The molecule has 33 heavy (non-hydrogen) atoms. The molecule has 0 atom stereocenters. The highest BCUT2D eigenvalue weighted by Crippen LogP contribution is 2.27. The van der Waals surface area contributed by atoms with E-state index in [-0.39, 0.29) is 12.1 Å². The molecular weight excluding hydrogens is 425 g/mol. The lowest BCUT2D eigenvalue weighted by atomic mass is 9.97. The van der Waals surface area contributed by atoms with Crippen molar-refractivity contribution in [2.45, 2.75) is 32.0 Å². The van der Waals surface area contributed by atoms with Crippen LogP contribution in [0.4, 0.5) is 19.7 Å². The second kappa shape index (κ2) is 8.15. The summed E-state index contributed by atoms with van der Waals surface area (Å²) in [6.07, 6.45) is 3.97. The quantitative estimate of drug-likeness (QED) is 0.735. The first-order valence-corrected chi connectivity index (χ1v) is 11.0. The Morgan fingerprint density at radius 3 is 2.55 bits per heavy atom. The molecule has 0 radical (unpaired) electrons. The molecule has 1 aromatic heterocycles. The lowest BCUT2D eigenvalue weighted by Gasteiger charge is -2.46. The number of halogens is 1. The molecule has 172 valence electrons. The van der Waals surface area contributed by atoms with Crippen molar-refractivity contribution in [3.8, 4) is 0 Å². The van der Waals surface area contributed by atoms with Crippen LogP contribution in [0.2, 0.25) is 0 Å². The van der Waals surface area contributed by atoms with Gasteiger partial charge in [-0.05, 0) is 48.2 Å². The van der Waals surface area contributed by atoms with Crippen molar-refractivity contribution in [1.82, 2.24) is 19.7 Å². The van der Waals surface area contributed by atoms with E-state index in [1.54, 1.807) is 21.6 Å². The van der Waals surface area contributed by atoms with Gasteiger partial charge in [0.2, 0.25) is 0 Å². The highest BCUT2D eigenvalue weighted by atomic mass is 19.1. The van der Waals surface area contributed by atoms with Crippen LogP contribution in [0.5, 0.6) is 0 Å². The third-order valence-corrected chi connectivity index (χ3v) is 6.34. The molecule has 8 nitrogen and oxygen atoms in total. The second-order valence-electron chi connectivity index (χ2n) is 9.18. The van der Waals surface area contributed by atoms with Gasteiger partial charge in [-0.25, -0.2) is 14.0 Å². The normalized spacial score (nSPS) is 19.0. The molecule has 1 fully saturated rings. The van der Waals surface area contributed by atoms with Crippen molar-refractivity contribution in [2.75, 3.05) is 31.5 Å². The summed E-state index contributed by atoms with van der Waals surface area (Å²) in [4.78, 5) is 34.2. The highest BCUT2D eigenvalue weighted by molar-refractivity contribution is 5.90. The molecule has 9 heteroatoms. The zero-order chi connectivity index (χ0) is 23.2. The monoisotopic (exact) mass is 451 g/mol. The number of anilines is 1. The number of fused-ring (bicyclic) bond motifs is 1. The Morgan fingerprint density at radius 1 is 1.12 bits per heavy atom. The third-order valence-electron chi connectivity index (χ3n) is 6.34. The van der Waals surface area contributed by atoms with Gasteiger partial charge in [0.05, 0.1) is 37.1 Å². The molecule has 5 rings (SSSR count). The molecule has 2 aromatic rings. The fraction of sp³-hybridized carbons (Fsp3) is 0.375. The van der Waals surface area contributed by atoms with Crippen molar-refractivity contribution < 1.29 is 19.1 Å². The fourth-order valence-electron chi connectivity index (χ4n) is 4.56. The summed E-state index contributed by atoms with van der Waals surface area (Å²) in [6.45, 7) is 4.35. The second-order valence-corrected chi connectivity index (χ2v) is 9.18. The lowest BCUT2D eigenvalue weighted by molar-refractivity contribution is -0.0662. The van der Waals surface area contributed by atoms with Crippen LogP contribution in [-0.2, 0) is 13.1 Å². The zero-order valence-corrected chi connectivity index (χ0v) is 18.4. The van der Waals surface area contributed by atoms with E-state index >= 15 is 0 Å².